The average molecular weight is 528 g/mol. The van der Waals surface area contributed by atoms with Crippen LogP contribution in [0, 0.1) is 0 Å². The fourth-order valence-electron chi connectivity index (χ4n) is 6.63. The van der Waals surface area contributed by atoms with Gasteiger partial charge in [-0.2, -0.15) is 0 Å². The number of rotatable bonds is 4. The number of anilines is 3. The minimum absolute atomic E-state index is 0.0767. The summed E-state index contributed by atoms with van der Waals surface area (Å²) in [7, 11) is 0. The lowest BCUT2D eigenvalue weighted by atomic mass is 9.81. The Morgan fingerprint density at radius 2 is 1.12 bits per heavy atom. The number of benzene rings is 6. The fourth-order valence-corrected chi connectivity index (χ4v) is 6.63. The van der Waals surface area contributed by atoms with Gasteiger partial charge in [0.1, 0.15) is 11.2 Å². The van der Waals surface area contributed by atoms with Gasteiger partial charge in [0.2, 0.25) is 0 Å². The van der Waals surface area contributed by atoms with Crippen LogP contribution in [-0.4, -0.2) is 0 Å². The summed E-state index contributed by atoms with van der Waals surface area (Å²) in [6, 6.07) is 49.8. The van der Waals surface area contributed by atoms with Crippen molar-refractivity contribution >= 4 is 39.0 Å². The maximum atomic E-state index is 6.60. The molecule has 0 atom stereocenters. The zero-order chi connectivity index (χ0) is 27.6. The molecule has 0 saturated heterocycles. The quantitative estimate of drug-likeness (QED) is 0.226. The van der Waals surface area contributed by atoms with Gasteiger partial charge in [0.15, 0.2) is 0 Å². The molecule has 1 aliphatic rings. The van der Waals surface area contributed by atoms with E-state index in [-0.39, 0.29) is 5.41 Å². The highest BCUT2D eigenvalue weighted by molar-refractivity contribution is 6.11. The molecule has 0 spiro atoms. The Bertz CT molecular complexity index is 2030. The van der Waals surface area contributed by atoms with Crippen molar-refractivity contribution in [1.82, 2.24) is 0 Å². The van der Waals surface area contributed by atoms with Crippen LogP contribution in [0.15, 0.2) is 144 Å². The maximum Gasteiger partial charge on any atom is 0.143 e. The van der Waals surface area contributed by atoms with E-state index in [1.165, 1.54) is 22.3 Å². The van der Waals surface area contributed by atoms with Crippen molar-refractivity contribution in [3.05, 3.63) is 151 Å². The molecule has 2 heteroatoms. The van der Waals surface area contributed by atoms with Crippen molar-refractivity contribution in [3.8, 4) is 22.3 Å². The molecule has 8 rings (SSSR count). The Hall–Kier alpha value is -5.08. The summed E-state index contributed by atoms with van der Waals surface area (Å²) in [5.74, 6) is 0. The Labute approximate surface area is 240 Å². The van der Waals surface area contributed by atoms with Crippen LogP contribution in [0.5, 0.6) is 0 Å². The summed E-state index contributed by atoms with van der Waals surface area (Å²) in [6.07, 6.45) is 0. The minimum atomic E-state index is -0.0767. The van der Waals surface area contributed by atoms with E-state index in [2.05, 4.69) is 152 Å². The van der Waals surface area contributed by atoms with Crippen molar-refractivity contribution in [2.75, 3.05) is 4.90 Å². The molecule has 1 aromatic heterocycles. The smallest absolute Gasteiger partial charge is 0.143 e. The molecule has 0 amide bonds. The van der Waals surface area contributed by atoms with Crippen LogP contribution < -0.4 is 4.90 Å². The molecule has 2 nitrogen and oxygen atoms in total. The van der Waals surface area contributed by atoms with E-state index in [0.717, 1.165) is 50.1 Å². The van der Waals surface area contributed by atoms with Gasteiger partial charge in [-0.05, 0) is 76.3 Å². The lowest BCUT2D eigenvalue weighted by Crippen LogP contribution is -2.14. The van der Waals surface area contributed by atoms with Crippen molar-refractivity contribution < 1.29 is 4.42 Å². The van der Waals surface area contributed by atoms with Gasteiger partial charge in [-0.25, -0.2) is 0 Å². The van der Waals surface area contributed by atoms with Gasteiger partial charge in [0.05, 0.1) is 0 Å². The van der Waals surface area contributed by atoms with Crippen LogP contribution in [0.4, 0.5) is 17.1 Å². The van der Waals surface area contributed by atoms with Crippen molar-refractivity contribution in [2.45, 2.75) is 19.3 Å². The highest BCUT2D eigenvalue weighted by Gasteiger charge is 2.35. The van der Waals surface area contributed by atoms with E-state index >= 15 is 0 Å². The predicted octanol–water partition coefficient (Wildman–Crippen LogP) is 11.0. The number of furan rings is 1. The van der Waals surface area contributed by atoms with Crippen LogP contribution in [0.3, 0.4) is 0 Å². The van der Waals surface area contributed by atoms with Gasteiger partial charge in [-0.1, -0.05) is 105 Å². The minimum Gasteiger partial charge on any atom is -0.455 e. The van der Waals surface area contributed by atoms with Crippen LogP contribution in [0.25, 0.3) is 44.2 Å². The third-order valence-corrected chi connectivity index (χ3v) is 8.64. The van der Waals surface area contributed by atoms with E-state index < -0.39 is 0 Å². The topological polar surface area (TPSA) is 16.4 Å². The number of hydrogen-bond acceptors (Lipinski definition) is 2. The van der Waals surface area contributed by atoms with Crippen molar-refractivity contribution in [1.29, 1.82) is 0 Å². The van der Waals surface area contributed by atoms with Crippen LogP contribution >= 0.6 is 0 Å². The third kappa shape index (κ3) is 3.64. The molecule has 0 saturated carbocycles. The molecule has 0 aliphatic heterocycles. The highest BCUT2D eigenvalue weighted by Crippen LogP contribution is 2.50. The van der Waals surface area contributed by atoms with Gasteiger partial charge < -0.3 is 9.32 Å². The molecule has 0 N–H and O–H groups in total. The Balaban J connectivity index is 1.41. The Morgan fingerprint density at radius 1 is 0.488 bits per heavy atom. The lowest BCUT2D eigenvalue weighted by molar-refractivity contribution is 0.660. The SMILES string of the molecule is CC1(C)c2ccccc2-c2ccc(-c3cc(N(c4ccccc4)c4ccccc4)cc4c3oc3ccccc34)cc21. The normalized spacial score (nSPS) is 13.3. The van der Waals surface area contributed by atoms with Gasteiger partial charge in [0.25, 0.3) is 0 Å². The first-order valence-corrected chi connectivity index (χ1v) is 14.2. The summed E-state index contributed by atoms with van der Waals surface area (Å²) < 4.78 is 6.60. The van der Waals surface area contributed by atoms with Crippen LogP contribution in [0.2, 0.25) is 0 Å². The van der Waals surface area contributed by atoms with Gasteiger partial charge in [-0.15, -0.1) is 0 Å². The molecule has 6 aromatic carbocycles. The average Bonchev–Trinajstić information content (AvgIpc) is 3.50. The van der Waals surface area contributed by atoms with Gasteiger partial charge in [-0.3, -0.25) is 0 Å². The summed E-state index contributed by atoms with van der Waals surface area (Å²) in [5.41, 5.74) is 12.7. The van der Waals surface area contributed by atoms with E-state index in [9.17, 15) is 0 Å². The maximum absolute atomic E-state index is 6.60. The van der Waals surface area contributed by atoms with Crippen LogP contribution in [-0.2, 0) is 5.41 Å². The molecular formula is C39H29NO. The standard InChI is InChI=1S/C39H29NO/c1-39(2)35-19-11-9-17-30(35)31-22-21-26(23-36(31)39)33-24-29(25-34-32-18-10-12-20-37(32)41-38(33)34)40(27-13-5-3-6-14-27)28-15-7-4-8-16-28/h3-25H,1-2H3. The molecule has 41 heavy (non-hydrogen) atoms. The van der Waals surface area contributed by atoms with Crippen molar-refractivity contribution in [3.63, 3.8) is 0 Å². The molecule has 0 fully saturated rings. The summed E-state index contributed by atoms with van der Waals surface area (Å²) in [5, 5.41) is 2.24. The van der Waals surface area contributed by atoms with Gasteiger partial charge in [0, 0.05) is 38.8 Å². The number of para-hydroxylation sites is 3. The monoisotopic (exact) mass is 527 g/mol. The molecule has 0 radical (unpaired) electrons. The number of nitrogens with zero attached hydrogens (tertiary/aromatic N) is 1. The summed E-state index contributed by atoms with van der Waals surface area (Å²) in [4.78, 5) is 2.33. The molecule has 7 aromatic rings. The molecule has 0 unspecified atom stereocenters. The zero-order valence-corrected chi connectivity index (χ0v) is 23.1. The Kier molecular flexibility index (Phi) is 5.20. The van der Waals surface area contributed by atoms with Gasteiger partial charge >= 0.3 is 0 Å². The zero-order valence-electron chi connectivity index (χ0n) is 23.1. The van der Waals surface area contributed by atoms with E-state index in [1.807, 2.05) is 6.07 Å². The Morgan fingerprint density at radius 3 is 1.88 bits per heavy atom. The first kappa shape index (κ1) is 23.8. The van der Waals surface area contributed by atoms with Crippen LogP contribution in [0.1, 0.15) is 25.0 Å². The second-order valence-electron chi connectivity index (χ2n) is 11.4. The summed E-state index contributed by atoms with van der Waals surface area (Å²) >= 11 is 0. The molecule has 1 aliphatic carbocycles. The third-order valence-electron chi connectivity index (χ3n) is 8.64. The largest absolute Gasteiger partial charge is 0.455 e. The number of fused-ring (bicyclic) bond motifs is 6. The second-order valence-corrected chi connectivity index (χ2v) is 11.4. The second kappa shape index (κ2) is 8.97. The predicted molar refractivity (Wildman–Crippen MR) is 171 cm³/mol. The first-order chi connectivity index (χ1) is 20.1. The fraction of sp³-hybridized carbons (Fsp3) is 0.0769. The molecule has 1 heterocycles. The van der Waals surface area contributed by atoms with E-state index in [1.54, 1.807) is 0 Å². The van der Waals surface area contributed by atoms with Crippen molar-refractivity contribution in [2.24, 2.45) is 0 Å². The molecular weight excluding hydrogens is 498 g/mol. The lowest BCUT2D eigenvalue weighted by Gasteiger charge is -2.26. The molecule has 196 valence electrons. The first-order valence-electron chi connectivity index (χ1n) is 14.2. The highest BCUT2D eigenvalue weighted by atomic mass is 16.3. The number of hydrogen-bond donors (Lipinski definition) is 0. The van der Waals surface area contributed by atoms with E-state index in [0.29, 0.717) is 0 Å². The summed E-state index contributed by atoms with van der Waals surface area (Å²) in [6.45, 7) is 4.67. The molecule has 0 bridgehead atoms. The van der Waals surface area contributed by atoms with E-state index in [4.69, 9.17) is 4.42 Å².